The first-order chi connectivity index (χ1) is 18.2. The molecule has 38 heavy (non-hydrogen) atoms. The predicted molar refractivity (Wildman–Crippen MR) is 150 cm³/mol. The van der Waals surface area contributed by atoms with Gasteiger partial charge in [0, 0.05) is 38.4 Å². The maximum absolute atomic E-state index is 12.3. The van der Waals surface area contributed by atoms with Gasteiger partial charge < -0.3 is 14.4 Å². The number of likely N-dealkylation sites (tertiary alicyclic amines) is 2. The van der Waals surface area contributed by atoms with Gasteiger partial charge in [-0.1, -0.05) is 12.1 Å². The summed E-state index contributed by atoms with van der Waals surface area (Å²) in [6.45, 7) is 12.0. The van der Waals surface area contributed by atoms with Crippen molar-refractivity contribution in [1.29, 1.82) is 5.26 Å². The molecule has 0 radical (unpaired) electrons. The summed E-state index contributed by atoms with van der Waals surface area (Å²) < 4.78 is 11.8. The minimum atomic E-state index is -0.469. The van der Waals surface area contributed by atoms with E-state index in [-0.39, 0.29) is 18.2 Å². The van der Waals surface area contributed by atoms with Crippen LogP contribution in [0.25, 0.3) is 0 Å². The zero-order valence-corrected chi connectivity index (χ0v) is 23.2. The average molecular weight is 517 g/mol. The van der Waals surface area contributed by atoms with Gasteiger partial charge in [0.1, 0.15) is 17.5 Å². The van der Waals surface area contributed by atoms with E-state index < -0.39 is 5.60 Å². The fraction of sp³-hybridized carbons (Fsp3) is 0.516. The predicted octanol–water partition coefficient (Wildman–Crippen LogP) is 5.81. The van der Waals surface area contributed by atoms with E-state index in [0.29, 0.717) is 18.7 Å². The molecule has 2 aromatic carbocycles. The molecule has 0 aromatic heterocycles. The first-order valence-corrected chi connectivity index (χ1v) is 13.7. The second kappa shape index (κ2) is 12.4. The minimum absolute atomic E-state index is 0.221. The Bertz CT molecular complexity index is 1130. The Morgan fingerprint density at radius 3 is 2.18 bits per heavy atom. The summed E-state index contributed by atoms with van der Waals surface area (Å²) in [5.41, 5.74) is 3.59. The van der Waals surface area contributed by atoms with E-state index >= 15 is 0 Å². The van der Waals surface area contributed by atoms with Gasteiger partial charge in [-0.25, -0.2) is 4.79 Å². The molecule has 4 rings (SSSR count). The Balaban J connectivity index is 1.21. The molecule has 2 heterocycles. The van der Waals surface area contributed by atoms with E-state index in [1.165, 1.54) is 5.56 Å². The van der Waals surface area contributed by atoms with Crippen LogP contribution in [0.15, 0.2) is 53.5 Å². The van der Waals surface area contributed by atoms with Crippen molar-refractivity contribution in [2.45, 2.75) is 77.7 Å². The van der Waals surface area contributed by atoms with E-state index in [4.69, 9.17) is 19.7 Å². The third-order valence-electron chi connectivity index (χ3n) is 7.09. The highest BCUT2D eigenvalue weighted by Gasteiger charge is 2.27. The first kappa shape index (κ1) is 27.7. The number of carbonyl (C=O) groups is 1. The summed E-state index contributed by atoms with van der Waals surface area (Å²) in [5.74, 6) is 0.901. The smallest absolute Gasteiger partial charge is 0.410 e. The van der Waals surface area contributed by atoms with Gasteiger partial charge in [0.2, 0.25) is 0 Å². The van der Waals surface area contributed by atoms with Crippen molar-refractivity contribution in [3.63, 3.8) is 0 Å². The van der Waals surface area contributed by atoms with E-state index in [2.05, 4.69) is 30.0 Å². The van der Waals surface area contributed by atoms with Gasteiger partial charge >= 0.3 is 6.09 Å². The lowest BCUT2D eigenvalue weighted by Crippen LogP contribution is -2.42. The fourth-order valence-corrected chi connectivity index (χ4v) is 4.95. The lowest BCUT2D eigenvalue weighted by molar-refractivity contribution is 0.0207. The molecule has 2 saturated heterocycles. The molecule has 2 aliphatic heterocycles. The van der Waals surface area contributed by atoms with Gasteiger partial charge in [0.25, 0.3) is 0 Å². The molecule has 202 valence electrons. The molecule has 7 nitrogen and oxygen atoms in total. The molecule has 2 aliphatic rings. The molecule has 0 N–H and O–H groups in total. The van der Waals surface area contributed by atoms with Crippen molar-refractivity contribution in [2.75, 3.05) is 26.2 Å². The highest BCUT2D eigenvalue weighted by molar-refractivity contribution is 5.98. The molecular weight excluding hydrogens is 476 g/mol. The highest BCUT2D eigenvalue weighted by Crippen LogP contribution is 2.22. The van der Waals surface area contributed by atoms with Crippen LogP contribution >= 0.6 is 0 Å². The van der Waals surface area contributed by atoms with Crippen molar-refractivity contribution in [3.05, 3.63) is 65.2 Å². The quantitative estimate of drug-likeness (QED) is 0.453. The summed E-state index contributed by atoms with van der Waals surface area (Å²) in [4.78, 5) is 21.5. The average Bonchev–Trinajstić information content (AvgIpc) is 2.90. The summed E-state index contributed by atoms with van der Waals surface area (Å²) in [7, 11) is 0. The van der Waals surface area contributed by atoms with Gasteiger partial charge in [-0.2, -0.15) is 5.26 Å². The number of carbonyl (C=O) groups excluding carboxylic acids is 1. The number of hydrogen-bond acceptors (Lipinski definition) is 6. The number of rotatable bonds is 6. The largest absolute Gasteiger partial charge is 0.490 e. The van der Waals surface area contributed by atoms with E-state index in [9.17, 15) is 4.79 Å². The molecule has 1 amide bonds. The van der Waals surface area contributed by atoms with Crippen LogP contribution in [0, 0.1) is 11.3 Å². The van der Waals surface area contributed by atoms with Crippen LogP contribution in [0.4, 0.5) is 4.79 Å². The maximum atomic E-state index is 12.3. The molecule has 7 heteroatoms. The molecule has 0 saturated carbocycles. The van der Waals surface area contributed by atoms with Crippen LogP contribution in [0.3, 0.4) is 0 Å². The van der Waals surface area contributed by atoms with Crippen LogP contribution in [0.1, 0.15) is 70.1 Å². The van der Waals surface area contributed by atoms with E-state index in [1.54, 1.807) is 4.90 Å². The molecule has 0 unspecified atom stereocenters. The third-order valence-corrected chi connectivity index (χ3v) is 7.09. The number of aliphatic imine (C=N–C) groups is 1. The zero-order chi connectivity index (χ0) is 27.1. The lowest BCUT2D eigenvalue weighted by atomic mass is 10.0. The van der Waals surface area contributed by atoms with Gasteiger partial charge in [-0.05, 0) is 101 Å². The second-order valence-corrected chi connectivity index (χ2v) is 11.3. The molecule has 0 bridgehead atoms. The van der Waals surface area contributed by atoms with E-state index in [1.807, 2.05) is 57.2 Å². The van der Waals surface area contributed by atoms with Gasteiger partial charge in [-0.15, -0.1) is 0 Å². The minimum Gasteiger partial charge on any atom is -0.490 e. The normalized spacial score (nSPS) is 18.2. The summed E-state index contributed by atoms with van der Waals surface area (Å²) in [6.07, 6.45) is 3.69. The zero-order valence-electron chi connectivity index (χ0n) is 23.2. The van der Waals surface area contributed by atoms with Crippen LogP contribution in [0.5, 0.6) is 5.75 Å². The number of hydrogen-bond donors (Lipinski definition) is 0. The topological polar surface area (TPSA) is 78.2 Å². The monoisotopic (exact) mass is 516 g/mol. The van der Waals surface area contributed by atoms with Crippen molar-refractivity contribution in [3.8, 4) is 11.8 Å². The summed E-state index contributed by atoms with van der Waals surface area (Å²) >= 11 is 0. The number of ether oxygens (including phenoxy) is 2. The maximum Gasteiger partial charge on any atom is 0.410 e. The van der Waals surface area contributed by atoms with Gasteiger partial charge in [0.15, 0.2) is 0 Å². The Kier molecular flexibility index (Phi) is 9.06. The summed E-state index contributed by atoms with van der Waals surface area (Å²) in [6, 6.07) is 18.5. The van der Waals surface area contributed by atoms with Crippen molar-refractivity contribution in [1.82, 2.24) is 9.80 Å². The lowest BCUT2D eigenvalue weighted by Gasteiger charge is -2.32. The standard InChI is InChI=1S/C31H40N4O3/c1-23(33-27-13-19-35(20-14-27)30(36)38-31(2,3)4)26-9-11-28(12-10-26)37-29-15-17-34(18-16-29)22-25-7-5-24(21-32)6-8-25/h5-12,27,29H,13-20,22H2,1-4H3. The third kappa shape index (κ3) is 8.06. The highest BCUT2D eigenvalue weighted by atomic mass is 16.6. The molecular formula is C31H40N4O3. The van der Waals surface area contributed by atoms with Crippen LogP contribution in [0.2, 0.25) is 0 Å². The SMILES string of the molecule is CC(=NC1CCN(C(=O)OC(C)(C)C)CC1)c1ccc(OC2CCN(Cc3ccc(C#N)cc3)CC2)cc1. The Morgan fingerprint density at radius 2 is 1.61 bits per heavy atom. The van der Waals surface area contributed by atoms with E-state index in [0.717, 1.165) is 62.3 Å². The van der Waals surface area contributed by atoms with Crippen molar-refractivity contribution >= 4 is 11.8 Å². The Hall–Kier alpha value is -3.37. The van der Waals surface area contributed by atoms with Crippen LogP contribution in [-0.4, -0.2) is 65.5 Å². The molecule has 0 atom stereocenters. The number of amides is 1. The summed E-state index contributed by atoms with van der Waals surface area (Å²) in [5, 5.41) is 8.96. The number of piperidine rings is 2. The van der Waals surface area contributed by atoms with Crippen LogP contribution in [-0.2, 0) is 11.3 Å². The molecule has 0 spiro atoms. The number of benzene rings is 2. The van der Waals surface area contributed by atoms with Crippen molar-refractivity contribution < 1.29 is 14.3 Å². The number of nitrogens with zero attached hydrogens (tertiary/aromatic N) is 4. The Morgan fingerprint density at radius 1 is 0.974 bits per heavy atom. The molecule has 2 fully saturated rings. The Labute approximate surface area is 227 Å². The van der Waals surface area contributed by atoms with Crippen LogP contribution < -0.4 is 4.74 Å². The van der Waals surface area contributed by atoms with Gasteiger partial charge in [-0.3, -0.25) is 9.89 Å². The van der Waals surface area contributed by atoms with Gasteiger partial charge in [0.05, 0.1) is 17.7 Å². The van der Waals surface area contributed by atoms with Crippen molar-refractivity contribution in [2.24, 2.45) is 4.99 Å². The first-order valence-electron chi connectivity index (χ1n) is 13.7. The molecule has 0 aliphatic carbocycles. The fourth-order valence-electron chi connectivity index (χ4n) is 4.95. The second-order valence-electron chi connectivity index (χ2n) is 11.3. The molecule has 2 aromatic rings. The number of nitriles is 1.